The van der Waals surface area contributed by atoms with Crippen molar-refractivity contribution in [3.8, 4) is 44.5 Å². The van der Waals surface area contributed by atoms with Gasteiger partial charge in [-0.2, -0.15) is 0 Å². The molecule has 0 saturated carbocycles. The van der Waals surface area contributed by atoms with Gasteiger partial charge in [0, 0.05) is 27.3 Å². The summed E-state index contributed by atoms with van der Waals surface area (Å²) >= 11 is 0. The molecule has 48 heavy (non-hydrogen) atoms. The average molecular weight is 613 g/mol. The highest BCUT2D eigenvalue weighted by Gasteiger charge is 2.22. The molecule has 0 unspecified atom stereocenters. The fourth-order valence-electron chi connectivity index (χ4n) is 7.65. The first-order valence-corrected chi connectivity index (χ1v) is 16.3. The van der Waals surface area contributed by atoms with Gasteiger partial charge in [-0.25, -0.2) is 0 Å². The van der Waals surface area contributed by atoms with Gasteiger partial charge in [-0.1, -0.05) is 152 Å². The predicted molar refractivity (Wildman–Crippen MR) is 200 cm³/mol. The maximum atomic E-state index is 6.48. The molecule has 0 fully saturated rings. The zero-order valence-corrected chi connectivity index (χ0v) is 26.0. The lowest BCUT2D eigenvalue weighted by Crippen LogP contribution is -1.91. The van der Waals surface area contributed by atoms with Crippen molar-refractivity contribution in [1.29, 1.82) is 0 Å². The van der Waals surface area contributed by atoms with Crippen molar-refractivity contribution in [2.24, 2.45) is 0 Å². The zero-order valence-electron chi connectivity index (χ0n) is 26.0. The Balaban J connectivity index is 1.22. The molecule has 224 valence electrons. The Morgan fingerprint density at radius 2 is 0.792 bits per heavy atom. The van der Waals surface area contributed by atoms with Gasteiger partial charge in [-0.15, -0.1) is 0 Å². The summed E-state index contributed by atoms with van der Waals surface area (Å²) in [7, 11) is 0. The van der Waals surface area contributed by atoms with E-state index < -0.39 is 0 Å². The van der Waals surface area contributed by atoms with Gasteiger partial charge in [0.05, 0.1) is 6.26 Å². The first-order valence-electron chi connectivity index (χ1n) is 16.3. The first-order chi connectivity index (χ1) is 23.8. The minimum atomic E-state index is 0.856. The lowest BCUT2D eigenvalue weighted by molar-refractivity contribution is 0.618. The molecule has 0 bridgehead atoms. The number of rotatable bonds is 4. The molecule has 10 aromatic rings. The van der Waals surface area contributed by atoms with Gasteiger partial charge >= 0.3 is 0 Å². The molecule has 2 nitrogen and oxygen atoms in total. The second kappa shape index (κ2) is 10.6. The van der Waals surface area contributed by atoms with Crippen molar-refractivity contribution in [3.05, 3.63) is 170 Å². The standard InChI is InChI=1S/C46H28O2/c1-3-13-29(14-4-1)39-28-47-46-38(39)27-41-45(37-21-11-12-22-40(37)48-41)44(46)32-25-23-31(24-26-32)43-35-19-9-7-17-33(35)42(30-15-5-2-6-16-30)34-18-8-10-20-36(34)43/h1-28H. The summed E-state index contributed by atoms with van der Waals surface area (Å²) in [5.41, 5.74) is 11.8. The first kappa shape index (κ1) is 26.8. The van der Waals surface area contributed by atoms with E-state index in [1.807, 2.05) is 24.5 Å². The average Bonchev–Trinajstić information content (AvgIpc) is 3.75. The van der Waals surface area contributed by atoms with Crippen LogP contribution in [0.4, 0.5) is 0 Å². The van der Waals surface area contributed by atoms with E-state index in [9.17, 15) is 0 Å². The molecular weight excluding hydrogens is 585 g/mol. The van der Waals surface area contributed by atoms with E-state index in [0.29, 0.717) is 0 Å². The Bertz CT molecular complexity index is 2750. The van der Waals surface area contributed by atoms with E-state index >= 15 is 0 Å². The number of fused-ring (bicyclic) bond motifs is 6. The molecule has 0 amide bonds. The van der Waals surface area contributed by atoms with Crippen molar-refractivity contribution in [2.75, 3.05) is 0 Å². The van der Waals surface area contributed by atoms with Crippen LogP contribution >= 0.6 is 0 Å². The van der Waals surface area contributed by atoms with E-state index in [2.05, 4.69) is 146 Å². The summed E-state index contributed by atoms with van der Waals surface area (Å²) in [4.78, 5) is 0. The summed E-state index contributed by atoms with van der Waals surface area (Å²) in [6.07, 6.45) is 1.88. The molecule has 0 aliphatic rings. The van der Waals surface area contributed by atoms with Gasteiger partial charge in [0.25, 0.3) is 0 Å². The maximum absolute atomic E-state index is 6.48. The third-order valence-electron chi connectivity index (χ3n) is 9.75. The van der Waals surface area contributed by atoms with Crippen LogP contribution in [0.5, 0.6) is 0 Å². The number of furan rings is 2. The SMILES string of the molecule is c1ccc(-c2c3ccccc3c(-c3ccc(-c4c5occ(-c6ccccc6)c5cc5oc6ccccc6c45)cc3)c3ccccc23)cc1. The third kappa shape index (κ3) is 4.00. The van der Waals surface area contributed by atoms with E-state index in [1.54, 1.807) is 0 Å². The zero-order chi connectivity index (χ0) is 31.6. The molecule has 10 rings (SSSR count). The fourth-order valence-corrected chi connectivity index (χ4v) is 7.65. The van der Waals surface area contributed by atoms with Crippen LogP contribution in [0, 0.1) is 0 Å². The van der Waals surface area contributed by atoms with Crippen molar-refractivity contribution in [1.82, 2.24) is 0 Å². The Labute approximate surface area is 277 Å². The Morgan fingerprint density at radius 1 is 0.333 bits per heavy atom. The van der Waals surface area contributed by atoms with Crippen LogP contribution < -0.4 is 0 Å². The summed E-state index contributed by atoms with van der Waals surface area (Å²) in [5.74, 6) is 0. The largest absolute Gasteiger partial charge is 0.463 e. The van der Waals surface area contributed by atoms with Crippen LogP contribution in [0.25, 0.3) is 99.0 Å². The van der Waals surface area contributed by atoms with Gasteiger partial charge < -0.3 is 8.83 Å². The minimum Gasteiger partial charge on any atom is -0.463 e. The topological polar surface area (TPSA) is 26.3 Å². The minimum absolute atomic E-state index is 0.856. The summed E-state index contributed by atoms with van der Waals surface area (Å²) in [6, 6.07) is 58.2. The third-order valence-corrected chi connectivity index (χ3v) is 9.75. The van der Waals surface area contributed by atoms with Gasteiger partial charge in [0.1, 0.15) is 16.7 Å². The summed E-state index contributed by atoms with van der Waals surface area (Å²) < 4.78 is 12.9. The molecule has 2 heteroatoms. The Hall–Kier alpha value is -6.38. The van der Waals surface area contributed by atoms with Gasteiger partial charge in [-0.3, -0.25) is 0 Å². The smallest absolute Gasteiger partial charge is 0.143 e. The van der Waals surface area contributed by atoms with E-state index in [-0.39, 0.29) is 0 Å². The molecule has 0 saturated heterocycles. The van der Waals surface area contributed by atoms with Crippen LogP contribution in [-0.4, -0.2) is 0 Å². The number of hydrogen-bond acceptors (Lipinski definition) is 2. The lowest BCUT2D eigenvalue weighted by atomic mass is 9.85. The highest BCUT2D eigenvalue weighted by atomic mass is 16.3. The molecule has 0 aliphatic carbocycles. The van der Waals surface area contributed by atoms with Gasteiger partial charge in [0.2, 0.25) is 0 Å². The molecular formula is C46H28O2. The quantitative estimate of drug-likeness (QED) is 0.185. The van der Waals surface area contributed by atoms with Crippen LogP contribution in [0.2, 0.25) is 0 Å². The van der Waals surface area contributed by atoms with Gasteiger partial charge in [0.15, 0.2) is 0 Å². The molecule has 0 aliphatic heterocycles. The number of para-hydroxylation sites is 1. The van der Waals surface area contributed by atoms with Gasteiger partial charge in [-0.05, 0) is 67.1 Å². The predicted octanol–water partition coefficient (Wildman–Crippen LogP) is 13.3. The highest BCUT2D eigenvalue weighted by Crippen LogP contribution is 2.47. The second-order valence-corrected chi connectivity index (χ2v) is 12.4. The fraction of sp³-hybridized carbons (Fsp3) is 0. The molecule has 2 aromatic heterocycles. The van der Waals surface area contributed by atoms with Crippen LogP contribution in [0.3, 0.4) is 0 Å². The molecule has 8 aromatic carbocycles. The van der Waals surface area contributed by atoms with Crippen molar-refractivity contribution in [3.63, 3.8) is 0 Å². The van der Waals surface area contributed by atoms with E-state index in [1.165, 1.54) is 43.8 Å². The molecule has 0 atom stereocenters. The van der Waals surface area contributed by atoms with Crippen LogP contribution in [0.1, 0.15) is 0 Å². The Morgan fingerprint density at radius 3 is 1.38 bits per heavy atom. The number of hydrogen-bond donors (Lipinski definition) is 0. The number of benzene rings is 8. The van der Waals surface area contributed by atoms with Crippen LogP contribution in [-0.2, 0) is 0 Å². The Kier molecular flexibility index (Phi) is 5.91. The second-order valence-electron chi connectivity index (χ2n) is 12.4. The molecule has 2 heterocycles. The van der Waals surface area contributed by atoms with E-state index in [0.717, 1.165) is 55.2 Å². The molecule has 0 spiro atoms. The summed E-state index contributed by atoms with van der Waals surface area (Å²) in [5, 5.41) is 8.19. The normalized spacial score (nSPS) is 11.8. The summed E-state index contributed by atoms with van der Waals surface area (Å²) in [6.45, 7) is 0. The van der Waals surface area contributed by atoms with Crippen molar-refractivity contribution in [2.45, 2.75) is 0 Å². The maximum Gasteiger partial charge on any atom is 0.143 e. The molecule has 0 radical (unpaired) electrons. The van der Waals surface area contributed by atoms with Crippen molar-refractivity contribution >= 4 is 54.5 Å². The lowest BCUT2D eigenvalue weighted by Gasteiger charge is -2.18. The highest BCUT2D eigenvalue weighted by molar-refractivity contribution is 6.23. The molecule has 0 N–H and O–H groups in total. The van der Waals surface area contributed by atoms with E-state index in [4.69, 9.17) is 8.83 Å². The van der Waals surface area contributed by atoms with Crippen molar-refractivity contribution < 1.29 is 8.83 Å². The van der Waals surface area contributed by atoms with Crippen LogP contribution in [0.15, 0.2) is 179 Å². The monoisotopic (exact) mass is 612 g/mol.